The molecule has 0 saturated carbocycles. The Morgan fingerprint density at radius 1 is 0.386 bits per heavy atom. The van der Waals surface area contributed by atoms with Crippen LogP contribution in [0.1, 0.15) is 8.22 Å². The molecule has 0 radical (unpaired) electrons. The Kier molecular flexibility index (Phi) is 4.25. The van der Waals surface area contributed by atoms with Crippen LogP contribution >= 0.6 is 0 Å². The van der Waals surface area contributed by atoms with Gasteiger partial charge in [0.15, 0.2) is 17.5 Å². The van der Waals surface area contributed by atoms with Crippen LogP contribution in [0.3, 0.4) is 0 Å². The molecule has 0 spiro atoms. The van der Waals surface area contributed by atoms with E-state index in [4.69, 9.17) is 17.9 Å². The molecule has 5 heteroatoms. The number of furan rings is 2. The Balaban J connectivity index is 1.30. The molecule has 0 amide bonds. The minimum absolute atomic E-state index is 0.0169. The van der Waals surface area contributed by atoms with E-state index in [-0.39, 0.29) is 75.1 Å². The van der Waals surface area contributed by atoms with Gasteiger partial charge in [0.05, 0.1) is 8.22 Å². The highest BCUT2D eigenvalue weighted by Crippen LogP contribution is 2.37. The number of nitrogens with zero attached hydrogens (tertiary/aromatic N) is 3. The quantitative estimate of drug-likeness (QED) is 0.210. The Morgan fingerprint density at radius 2 is 1.00 bits per heavy atom. The number of benzene rings is 6. The first-order chi connectivity index (χ1) is 24.3. The number of hydrogen-bond acceptors (Lipinski definition) is 5. The monoisotopic (exact) mass is 571 g/mol. The van der Waals surface area contributed by atoms with E-state index in [0.29, 0.717) is 39.5 Å². The van der Waals surface area contributed by atoms with Crippen molar-refractivity contribution in [3.63, 3.8) is 0 Å². The van der Waals surface area contributed by atoms with Gasteiger partial charge in [-0.2, -0.15) is 0 Å². The molecule has 0 aliphatic heterocycles. The third-order valence-corrected chi connectivity index (χ3v) is 7.60. The first-order valence-corrected chi connectivity index (χ1v) is 14.0. The van der Waals surface area contributed by atoms with E-state index < -0.39 is 0 Å². The van der Waals surface area contributed by atoms with Crippen molar-refractivity contribution < 1.29 is 17.1 Å². The van der Waals surface area contributed by atoms with Gasteiger partial charge in [0.2, 0.25) is 0 Å². The molecule has 6 aromatic carbocycles. The number of hydrogen-bond donors (Lipinski definition) is 0. The minimum Gasteiger partial charge on any atom is -0.456 e. The van der Waals surface area contributed by atoms with Gasteiger partial charge in [0.25, 0.3) is 0 Å². The molecule has 0 aliphatic rings. The molecule has 0 saturated heterocycles. The minimum atomic E-state index is -0.330. The van der Waals surface area contributed by atoms with Gasteiger partial charge in [-0.3, -0.25) is 0 Å². The van der Waals surface area contributed by atoms with E-state index in [1.165, 1.54) is 0 Å². The third-order valence-electron chi connectivity index (χ3n) is 7.60. The smallest absolute Gasteiger partial charge is 0.164 e. The zero-order valence-electron chi connectivity index (χ0n) is 29.0. The summed E-state index contributed by atoms with van der Waals surface area (Å²) in [7, 11) is 0. The van der Waals surface area contributed by atoms with E-state index >= 15 is 0 Å². The highest BCUT2D eigenvalue weighted by atomic mass is 16.3. The summed E-state index contributed by atoms with van der Waals surface area (Å²) in [4.78, 5) is 14.0. The van der Waals surface area contributed by atoms with Crippen LogP contribution < -0.4 is 0 Å². The van der Waals surface area contributed by atoms with Crippen LogP contribution in [0, 0.1) is 0 Å². The van der Waals surface area contributed by atoms with Crippen LogP contribution in [-0.4, -0.2) is 15.0 Å². The lowest BCUT2D eigenvalue weighted by Crippen LogP contribution is -2.00. The molecular formula is C39H23N3O2. The van der Waals surface area contributed by atoms with E-state index in [0.717, 1.165) is 10.8 Å². The van der Waals surface area contributed by atoms with Crippen molar-refractivity contribution in [2.75, 3.05) is 0 Å². The fourth-order valence-corrected chi connectivity index (χ4v) is 5.45. The third kappa shape index (κ3) is 4.06. The van der Waals surface area contributed by atoms with Gasteiger partial charge in [-0.25, -0.2) is 15.0 Å². The lowest BCUT2D eigenvalue weighted by molar-refractivity contribution is 0.668. The summed E-state index contributed by atoms with van der Waals surface area (Å²) in [6, 6.07) is 30.0. The number of para-hydroxylation sites is 1. The predicted molar refractivity (Wildman–Crippen MR) is 176 cm³/mol. The molecule has 9 aromatic rings. The van der Waals surface area contributed by atoms with Gasteiger partial charge in [-0.1, -0.05) is 97.0 Å². The number of rotatable bonds is 4. The Morgan fingerprint density at radius 3 is 1.75 bits per heavy atom. The van der Waals surface area contributed by atoms with E-state index in [1.54, 1.807) is 12.1 Å². The Labute approximate surface area is 260 Å². The van der Waals surface area contributed by atoms with Crippen molar-refractivity contribution in [3.8, 4) is 45.3 Å². The zero-order valence-corrected chi connectivity index (χ0v) is 23.0. The Bertz CT molecular complexity index is 2780. The molecule has 3 heterocycles. The standard InChI is InChI=1S/C39H23N3O2/c1-3-9-24(10-4-1)37-40-38(25-11-5-2-6-12-25)42-39(41-37)28-15-18-30-32-22-27(17-20-35(32)44-36(30)23-28)26-16-19-34-31(21-26)29-13-7-8-14-33(29)43-34/h1-23H/i15D,17D,18D,20D,22D,23D. The van der Waals surface area contributed by atoms with E-state index in [2.05, 4.69) is 9.97 Å². The maximum absolute atomic E-state index is 9.32. The molecule has 9 rings (SSSR count). The van der Waals surface area contributed by atoms with E-state index in [9.17, 15) is 4.11 Å². The summed E-state index contributed by atoms with van der Waals surface area (Å²) in [5.74, 6) is 0.678. The first kappa shape index (κ1) is 19.2. The zero-order chi connectivity index (χ0) is 34.3. The van der Waals surface area contributed by atoms with Crippen molar-refractivity contribution in [1.82, 2.24) is 15.0 Å². The van der Waals surface area contributed by atoms with Gasteiger partial charge in [-0.15, -0.1) is 0 Å². The molecule has 3 aromatic heterocycles. The summed E-state index contributed by atoms with van der Waals surface area (Å²) in [6.07, 6.45) is 0. The second-order valence-corrected chi connectivity index (χ2v) is 10.4. The molecule has 206 valence electrons. The van der Waals surface area contributed by atoms with Crippen molar-refractivity contribution in [2.24, 2.45) is 0 Å². The second-order valence-electron chi connectivity index (χ2n) is 10.4. The summed E-state index contributed by atoms with van der Waals surface area (Å²) in [5, 5.41) is 1.83. The molecular weight excluding hydrogens is 542 g/mol. The molecule has 0 bridgehead atoms. The van der Waals surface area contributed by atoms with E-state index in [1.807, 2.05) is 91.0 Å². The largest absolute Gasteiger partial charge is 0.456 e. The molecule has 0 fully saturated rings. The maximum Gasteiger partial charge on any atom is 0.164 e. The fraction of sp³-hybridized carbons (Fsp3) is 0. The number of aromatic nitrogens is 3. The van der Waals surface area contributed by atoms with Crippen molar-refractivity contribution in [2.45, 2.75) is 0 Å². The van der Waals surface area contributed by atoms with Crippen LogP contribution in [0.15, 0.2) is 148 Å². The van der Waals surface area contributed by atoms with Gasteiger partial charge >= 0.3 is 0 Å². The highest BCUT2D eigenvalue weighted by Gasteiger charge is 2.15. The van der Waals surface area contributed by atoms with Crippen LogP contribution in [0.4, 0.5) is 0 Å². The summed E-state index contributed by atoms with van der Waals surface area (Å²) >= 11 is 0. The van der Waals surface area contributed by atoms with Crippen molar-refractivity contribution in [3.05, 3.63) is 139 Å². The average Bonchev–Trinajstić information content (AvgIpc) is 3.74. The normalized spacial score (nSPS) is 13.5. The van der Waals surface area contributed by atoms with Gasteiger partial charge in [0.1, 0.15) is 22.3 Å². The number of fused-ring (bicyclic) bond motifs is 6. The molecule has 0 aliphatic carbocycles. The second kappa shape index (κ2) is 9.75. The summed E-state index contributed by atoms with van der Waals surface area (Å²) in [6.45, 7) is 0. The summed E-state index contributed by atoms with van der Waals surface area (Å²) < 4.78 is 66.9. The first-order valence-electron chi connectivity index (χ1n) is 17.0. The van der Waals surface area contributed by atoms with Gasteiger partial charge < -0.3 is 8.83 Å². The van der Waals surface area contributed by atoms with Crippen LogP contribution in [0.2, 0.25) is 0 Å². The topological polar surface area (TPSA) is 65.0 Å². The fourth-order valence-electron chi connectivity index (χ4n) is 5.45. The van der Waals surface area contributed by atoms with Crippen molar-refractivity contribution in [1.29, 1.82) is 0 Å². The molecule has 0 N–H and O–H groups in total. The molecule has 0 unspecified atom stereocenters. The highest BCUT2D eigenvalue weighted by molar-refractivity contribution is 6.09. The molecule has 44 heavy (non-hydrogen) atoms. The SMILES string of the molecule is [2H]c1c(-c2ccc3oc4ccccc4c3c2)c([2H])c2c(oc3c([2H])c(-c4nc(-c5ccccc5)nc(-c5ccccc5)n4)c([2H])c([2H])c32)c1[2H]. The van der Waals surface area contributed by atoms with Crippen LogP contribution in [0.25, 0.3) is 89.2 Å². The van der Waals surface area contributed by atoms with Crippen molar-refractivity contribution >= 4 is 43.9 Å². The maximum atomic E-state index is 9.32. The van der Waals surface area contributed by atoms with Crippen LogP contribution in [0.5, 0.6) is 0 Å². The molecule has 5 nitrogen and oxygen atoms in total. The summed E-state index contributed by atoms with van der Waals surface area (Å²) in [5.41, 5.74) is 3.24. The van der Waals surface area contributed by atoms with Gasteiger partial charge in [-0.05, 0) is 53.5 Å². The Hall–Kier alpha value is -6.07. The predicted octanol–water partition coefficient (Wildman–Crippen LogP) is 10.3. The van der Waals surface area contributed by atoms with Gasteiger partial charge in [0, 0.05) is 38.2 Å². The lowest BCUT2D eigenvalue weighted by Gasteiger charge is -2.08. The average molecular weight is 572 g/mol. The van der Waals surface area contributed by atoms with Crippen LogP contribution in [-0.2, 0) is 0 Å². The molecule has 0 atom stereocenters. The lowest BCUT2D eigenvalue weighted by atomic mass is 10.0.